The number of aryl methyl sites for hydroxylation is 1. The van der Waals surface area contributed by atoms with E-state index in [1.807, 2.05) is 55.5 Å². The molecule has 4 aromatic rings. The number of methoxy groups -OCH3 is 1. The number of hydrogen-bond acceptors (Lipinski definition) is 5. The number of fused-ring (bicyclic) bond motifs is 1. The highest BCUT2D eigenvalue weighted by molar-refractivity contribution is 6.06. The summed E-state index contributed by atoms with van der Waals surface area (Å²) in [4.78, 5) is 28.3. The first kappa shape index (κ1) is 24.9. The van der Waals surface area contributed by atoms with Gasteiger partial charge < -0.3 is 24.4 Å². The van der Waals surface area contributed by atoms with E-state index in [4.69, 9.17) is 14.2 Å². The summed E-state index contributed by atoms with van der Waals surface area (Å²) in [6.07, 6.45) is 0.163. The number of carbonyl (C=O) groups is 2. The summed E-state index contributed by atoms with van der Waals surface area (Å²) in [5.41, 5.74) is 4.80. The second kappa shape index (κ2) is 11.1. The number of benzene rings is 4. The third-order valence-corrected chi connectivity index (χ3v) is 6.29. The molecule has 1 N–H and O–H groups in total. The predicted octanol–water partition coefficient (Wildman–Crippen LogP) is 5.76. The lowest BCUT2D eigenvalue weighted by atomic mass is 10.1. The van der Waals surface area contributed by atoms with Crippen molar-refractivity contribution in [2.75, 3.05) is 24.1 Å². The van der Waals surface area contributed by atoms with E-state index in [1.165, 1.54) is 0 Å². The summed E-state index contributed by atoms with van der Waals surface area (Å²) in [6, 6.07) is 28.0. The molecule has 1 heterocycles. The van der Waals surface area contributed by atoms with Crippen molar-refractivity contribution in [1.29, 1.82) is 0 Å². The van der Waals surface area contributed by atoms with E-state index < -0.39 is 0 Å². The van der Waals surface area contributed by atoms with Crippen LogP contribution in [0.3, 0.4) is 0 Å². The van der Waals surface area contributed by atoms with Crippen LogP contribution in [-0.4, -0.2) is 25.7 Å². The molecule has 0 fully saturated rings. The van der Waals surface area contributed by atoms with Gasteiger partial charge in [0.2, 0.25) is 12.7 Å². The third kappa shape index (κ3) is 5.78. The van der Waals surface area contributed by atoms with Crippen molar-refractivity contribution in [3.8, 4) is 17.2 Å². The Balaban J connectivity index is 1.39. The van der Waals surface area contributed by atoms with Crippen molar-refractivity contribution in [2.45, 2.75) is 19.9 Å². The minimum Gasteiger partial charge on any atom is -0.497 e. The monoisotopic (exact) mass is 508 g/mol. The standard InChI is InChI=1S/C31H28N2O5/c1-21-6-8-22(9-7-21)19-33(31(35)24-10-15-28-29(18-24)38-20-37-28)26-5-3-4-23(16-26)17-30(34)32-25-11-13-27(36-2)14-12-25/h3-16,18H,17,19-20H2,1-2H3,(H,32,34). The molecule has 0 radical (unpaired) electrons. The second-order valence-electron chi connectivity index (χ2n) is 9.07. The summed E-state index contributed by atoms with van der Waals surface area (Å²) >= 11 is 0. The maximum atomic E-state index is 13.8. The second-order valence-corrected chi connectivity index (χ2v) is 9.07. The summed E-state index contributed by atoms with van der Waals surface area (Å²) in [5, 5.41) is 2.91. The average molecular weight is 509 g/mol. The number of carbonyl (C=O) groups excluding carboxylic acids is 2. The zero-order valence-corrected chi connectivity index (χ0v) is 21.3. The molecule has 7 nitrogen and oxygen atoms in total. The molecule has 0 unspecified atom stereocenters. The molecule has 4 aromatic carbocycles. The number of anilines is 2. The third-order valence-electron chi connectivity index (χ3n) is 6.29. The van der Waals surface area contributed by atoms with E-state index >= 15 is 0 Å². The minimum atomic E-state index is -0.177. The van der Waals surface area contributed by atoms with E-state index in [0.717, 1.165) is 22.4 Å². The quantitative estimate of drug-likeness (QED) is 0.327. The highest BCUT2D eigenvalue weighted by atomic mass is 16.7. The fourth-order valence-corrected chi connectivity index (χ4v) is 4.24. The van der Waals surface area contributed by atoms with E-state index in [9.17, 15) is 9.59 Å². The Hall–Kier alpha value is -4.78. The Morgan fingerprint density at radius 3 is 2.39 bits per heavy atom. The van der Waals surface area contributed by atoms with Gasteiger partial charge in [0, 0.05) is 16.9 Å². The molecule has 1 aliphatic heterocycles. The van der Waals surface area contributed by atoms with Crippen LogP contribution in [0.15, 0.2) is 91.0 Å². The Morgan fingerprint density at radius 1 is 0.868 bits per heavy atom. The van der Waals surface area contributed by atoms with Crippen LogP contribution in [0, 0.1) is 6.92 Å². The van der Waals surface area contributed by atoms with Crippen molar-refractivity contribution in [2.24, 2.45) is 0 Å². The molecule has 192 valence electrons. The molecule has 7 heteroatoms. The molecule has 38 heavy (non-hydrogen) atoms. The first-order chi connectivity index (χ1) is 18.5. The number of nitrogens with one attached hydrogen (secondary N) is 1. The fraction of sp³-hybridized carbons (Fsp3) is 0.161. The van der Waals surface area contributed by atoms with Crippen molar-refractivity contribution in [1.82, 2.24) is 0 Å². The smallest absolute Gasteiger partial charge is 0.258 e. The molecule has 0 saturated carbocycles. The van der Waals surface area contributed by atoms with Crippen LogP contribution < -0.4 is 24.4 Å². The molecule has 2 amide bonds. The number of amides is 2. The number of hydrogen-bond donors (Lipinski definition) is 1. The van der Waals surface area contributed by atoms with Gasteiger partial charge in [-0.05, 0) is 72.6 Å². The number of nitrogens with zero attached hydrogens (tertiary/aromatic N) is 1. The lowest BCUT2D eigenvalue weighted by Crippen LogP contribution is -2.30. The zero-order valence-electron chi connectivity index (χ0n) is 21.3. The average Bonchev–Trinajstić information content (AvgIpc) is 3.41. The van der Waals surface area contributed by atoms with Gasteiger partial charge in [0.15, 0.2) is 11.5 Å². The molecule has 1 aliphatic rings. The molecule has 0 atom stereocenters. The van der Waals surface area contributed by atoms with Gasteiger partial charge in [0.1, 0.15) is 5.75 Å². The molecule has 0 aliphatic carbocycles. The van der Waals surface area contributed by atoms with Crippen LogP contribution in [0.2, 0.25) is 0 Å². The van der Waals surface area contributed by atoms with Gasteiger partial charge in [-0.1, -0.05) is 42.0 Å². The highest BCUT2D eigenvalue weighted by Crippen LogP contribution is 2.33. The van der Waals surface area contributed by atoms with E-state index in [-0.39, 0.29) is 25.0 Å². The molecule has 0 bridgehead atoms. The Morgan fingerprint density at radius 2 is 1.63 bits per heavy atom. The largest absolute Gasteiger partial charge is 0.497 e. The zero-order chi connectivity index (χ0) is 26.5. The van der Waals surface area contributed by atoms with Crippen molar-refractivity contribution in [3.05, 3.63) is 113 Å². The lowest BCUT2D eigenvalue weighted by Gasteiger charge is -2.24. The van der Waals surface area contributed by atoms with Gasteiger partial charge in [0.25, 0.3) is 5.91 Å². The molecule has 0 saturated heterocycles. The lowest BCUT2D eigenvalue weighted by molar-refractivity contribution is -0.115. The van der Waals surface area contributed by atoms with Crippen LogP contribution >= 0.6 is 0 Å². The Bertz CT molecular complexity index is 1450. The van der Waals surface area contributed by atoms with Gasteiger partial charge in [-0.25, -0.2) is 0 Å². The van der Waals surface area contributed by atoms with Gasteiger partial charge in [-0.3, -0.25) is 9.59 Å². The van der Waals surface area contributed by atoms with Crippen LogP contribution in [0.1, 0.15) is 27.0 Å². The Labute approximate surface area is 221 Å². The first-order valence-corrected chi connectivity index (χ1v) is 12.3. The molecular formula is C31H28N2O5. The molecule has 0 spiro atoms. The molecule has 5 rings (SSSR count). The van der Waals surface area contributed by atoms with E-state index in [2.05, 4.69) is 5.32 Å². The van der Waals surface area contributed by atoms with Crippen molar-refractivity contribution >= 4 is 23.2 Å². The summed E-state index contributed by atoms with van der Waals surface area (Å²) in [7, 11) is 1.60. The summed E-state index contributed by atoms with van der Waals surface area (Å²) in [5.74, 6) is 1.56. The van der Waals surface area contributed by atoms with Gasteiger partial charge >= 0.3 is 0 Å². The number of rotatable bonds is 8. The van der Waals surface area contributed by atoms with Crippen molar-refractivity contribution < 1.29 is 23.8 Å². The Kier molecular flexibility index (Phi) is 7.26. The van der Waals surface area contributed by atoms with Crippen LogP contribution in [0.4, 0.5) is 11.4 Å². The summed E-state index contributed by atoms with van der Waals surface area (Å²) < 4.78 is 16.1. The normalized spacial score (nSPS) is 11.6. The van der Waals surface area contributed by atoms with Crippen LogP contribution in [0.25, 0.3) is 0 Å². The van der Waals surface area contributed by atoms with Crippen LogP contribution in [0.5, 0.6) is 17.2 Å². The van der Waals surface area contributed by atoms with E-state index in [1.54, 1.807) is 54.5 Å². The minimum absolute atomic E-state index is 0.140. The van der Waals surface area contributed by atoms with Gasteiger partial charge in [0.05, 0.1) is 20.1 Å². The molecular weight excluding hydrogens is 480 g/mol. The van der Waals surface area contributed by atoms with E-state index in [0.29, 0.717) is 35.0 Å². The van der Waals surface area contributed by atoms with Crippen molar-refractivity contribution in [3.63, 3.8) is 0 Å². The maximum absolute atomic E-state index is 13.8. The highest BCUT2D eigenvalue weighted by Gasteiger charge is 2.22. The topological polar surface area (TPSA) is 77.1 Å². The predicted molar refractivity (Wildman–Crippen MR) is 146 cm³/mol. The van der Waals surface area contributed by atoms with Gasteiger partial charge in [-0.2, -0.15) is 0 Å². The SMILES string of the molecule is COc1ccc(NC(=O)Cc2cccc(N(Cc3ccc(C)cc3)C(=O)c3ccc4c(c3)OCO4)c2)cc1. The first-order valence-electron chi connectivity index (χ1n) is 12.3. The molecule has 0 aromatic heterocycles. The fourth-order valence-electron chi connectivity index (χ4n) is 4.24. The maximum Gasteiger partial charge on any atom is 0.258 e. The van der Waals surface area contributed by atoms with Gasteiger partial charge in [-0.15, -0.1) is 0 Å². The summed E-state index contributed by atoms with van der Waals surface area (Å²) in [6.45, 7) is 2.54. The number of ether oxygens (including phenoxy) is 3. The van der Waals surface area contributed by atoms with Crippen LogP contribution in [-0.2, 0) is 17.8 Å².